The topological polar surface area (TPSA) is 83.2 Å². The Hall–Kier alpha value is -1.64. The molecule has 1 aliphatic heterocycles. The molecule has 0 spiro atoms. The van der Waals surface area contributed by atoms with Crippen molar-refractivity contribution < 1.29 is 0 Å². The maximum absolute atomic E-state index is 6.16. The molecule has 3 rings (SSSR count). The summed E-state index contributed by atoms with van der Waals surface area (Å²) in [6.07, 6.45) is 3.39. The van der Waals surface area contributed by atoms with E-state index in [2.05, 4.69) is 30.2 Å². The quantitative estimate of drug-likeness (QED) is 0.651. The number of nitrogens with one attached hydrogen (secondary N) is 1. The Labute approximate surface area is 125 Å². The number of hydrogen-bond donors (Lipinski definition) is 2. The second-order valence-corrected chi connectivity index (χ2v) is 5.58. The number of nitrogens with two attached hydrogens (primary N) is 1. The zero-order valence-electron chi connectivity index (χ0n) is 10.7. The predicted molar refractivity (Wildman–Crippen MR) is 81.4 cm³/mol. The van der Waals surface area contributed by atoms with Gasteiger partial charge in [0.1, 0.15) is 5.02 Å². The van der Waals surface area contributed by atoms with Crippen LogP contribution in [0.2, 0.25) is 5.02 Å². The summed E-state index contributed by atoms with van der Waals surface area (Å²) >= 11 is 7.82. The minimum Gasteiger partial charge on any atom is -0.352 e. The number of anilines is 3. The van der Waals surface area contributed by atoms with Gasteiger partial charge in [-0.05, 0) is 0 Å². The molecule has 1 fully saturated rings. The van der Waals surface area contributed by atoms with Crippen LogP contribution in [0.25, 0.3) is 0 Å². The lowest BCUT2D eigenvalue weighted by Crippen LogP contribution is -2.47. The highest BCUT2D eigenvalue weighted by atomic mass is 35.5. The molecule has 2 aromatic heterocycles. The largest absolute Gasteiger partial charge is 0.352 e. The number of aromatic nitrogens is 3. The SMILES string of the molecule is NNc1ncc(Cl)c(N2CCN(c3nccs3)CC2)n1. The van der Waals surface area contributed by atoms with E-state index in [1.165, 1.54) is 0 Å². The van der Waals surface area contributed by atoms with Crippen molar-refractivity contribution in [3.05, 3.63) is 22.8 Å². The number of thiazole rings is 1. The van der Waals surface area contributed by atoms with Crippen LogP contribution in [0.15, 0.2) is 17.8 Å². The van der Waals surface area contributed by atoms with Crippen molar-refractivity contribution in [1.82, 2.24) is 15.0 Å². The van der Waals surface area contributed by atoms with Gasteiger partial charge in [0, 0.05) is 37.8 Å². The van der Waals surface area contributed by atoms with Gasteiger partial charge in [-0.25, -0.2) is 15.8 Å². The molecule has 7 nitrogen and oxygen atoms in total. The summed E-state index contributed by atoms with van der Waals surface area (Å²) in [4.78, 5) is 17.0. The van der Waals surface area contributed by atoms with Crippen LogP contribution in [0.4, 0.5) is 16.9 Å². The van der Waals surface area contributed by atoms with Gasteiger partial charge >= 0.3 is 0 Å². The first kappa shape index (κ1) is 13.3. The highest BCUT2D eigenvalue weighted by Gasteiger charge is 2.21. The van der Waals surface area contributed by atoms with E-state index in [0.29, 0.717) is 16.8 Å². The van der Waals surface area contributed by atoms with Crippen molar-refractivity contribution in [2.24, 2.45) is 5.84 Å². The molecule has 0 saturated carbocycles. The minimum absolute atomic E-state index is 0.367. The monoisotopic (exact) mass is 311 g/mol. The van der Waals surface area contributed by atoms with Gasteiger partial charge in [-0.1, -0.05) is 11.6 Å². The van der Waals surface area contributed by atoms with Crippen molar-refractivity contribution in [3.8, 4) is 0 Å². The lowest BCUT2D eigenvalue weighted by atomic mass is 10.3. The third-order valence-corrected chi connectivity index (χ3v) is 4.22. The average Bonchev–Trinajstić information content (AvgIpc) is 3.02. The molecule has 0 amide bonds. The molecule has 0 aliphatic carbocycles. The minimum atomic E-state index is 0.367. The molecule has 1 saturated heterocycles. The summed E-state index contributed by atoms with van der Waals surface area (Å²) in [5.41, 5.74) is 2.44. The van der Waals surface area contributed by atoms with Crippen molar-refractivity contribution in [3.63, 3.8) is 0 Å². The lowest BCUT2D eigenvalue weighted by molar-refractivity contribution is 0.645. The van der Waals surface area contributed by atoms with Gasteiger partial charge < -0.3 is 9.80 Å². The Kier molecular flexibility index (Phi) is 3.86. The van der Waals surface area contributed by atoms with Gasteiger partial charge in [-0.3, -0.25) is 5.43 Å². The molecule has 3 heterocycles. The van der Waals surface area contributed by atoms with E-state index in [9.17, 15) is 0 Å². The van der Waals surface area contributed by atoms with Gasteiger partial charge in [-0.2, -0.15) is 4.98 Å². The molecule has 2 aromatic rings. The summed E-state index contributed by atoms with van der Waals surface area (Å²) in [5.74, 6) is 6.42. The van der Waals surface area contributed by atoms with Gasteiger partial charge in [-0.15, -0.1) is 11.3 Å². The Morgan fingerprint density at radius 1 is 1.20 bits per heavy atom. The Morgan fingerprint density at radius 3 is 2.60 bits per heavy atom. The second-order valence-electron chi connectivity index (χ2n) is 4.30. The third-order valence-electron chi connectivity index (χ3n) is 3.12. The number of hydrazine groups is 1. The highest BCUT2D eigenvalue weighted by Crippen LogP contribution is 2.26. The summed E-state index contributed by atoms with van der Waals surface area (Å²) in [5, 5.41) is 3.58. The molecule has 20 heavy (non-hydrogen) atoms. The van der Waals surface area contributed by atoms with Crippen molar-refractivity contribution in [2.75, 3.05) is 41.4 Å². The van der Waals surface area contributed by atoms with E-state index in [0.717, 1.165) is 31.3 Å². The zero-order valence-corrected chi connectivity index (χ0v) is 12.2. The fourth-order valence-corrected chi connectivity index (χ4v) is 3.04. The van der Waals surface area contributed by atoms with Gasteiger partial charge in [0.15, 0.2) is 10.9 Å². The van der Waals surface area contributed by atoms with Gasteiger partial charge in [0.05, 0.1) is 6.20 Å². The number of nitrogens with zero attached hydrogens (tertiary/aromatic N) is 5. The highest BCUT2D eigenvalue weighted by molar-refractivity contribution is 7.13. The first-order valence-corrected chi connectivity index (χ1v) is 7.42. The molecule has 106 valence electrons. The van der Waals surface area contributed by atoms with Gasteiger partial charge in [0.25, 0.3) is 0 Å². The molecule has 1 aliphatic rings. The van der Waals surface area contributed by atoms with E-state index in [4.69, 9.17) is 17.4 Å². The van der Waals surface area contributed by atoms with Crippen molar-refractivity contribution in [1.29, 1.82) is 0 Å². The lowest BCUT2D eigenvalue weighted by Gasteiger charge is -2.35. The molecule has 0 radical (unpaired) electrons. The summed E-state index contributed by atoms with van der Waals surface area (Å²) < 4.78 is 0. The van der Waals surface area contributed by atoms with Crippen LogP contribution in [0.1, 0.15) is 0 Å². The number of halogens is 1. The molecule has 0 unspecified atom stereocenters. The fourth-order valence-electron chi connectivity index (χ4n) is 2.13. The summed E-state index contributed by atoms with van der Waals surface area (Å²) in [7, 11) is 0. The molecular weight excluding hydrogens is 298 g/mol. The first-order valence-electron chi connectivity index (χ1n) is 6.16. The van der Waals surface area contributed by atoms with Crippen LogP contribution in [-0.4, -0.2) is 41.1 Å². The predicted octanol–water partition coefficient (Wildman–Crippen LogP) is 1.20. The third kappa shape index (κ3) is 2.62. The maximum atomic E-state index is 6.16. The molecule has 3 N–H and O–H groups in total. The van der Waals surface area contributed by atoms with Crippen molar-refractivity contribution in [2.45, 2.75) is 0 Å². The number of piperazine rings is 1. The molecule has 0 bridgehead atoms. The molecule has 0 atom stereocenters. The maximum Gasteiger partial charge on any atom is 0.239 e. The fraction of sp³-hybridized carbons (Fsp3) is 0.364. The average molecular weight is 312 g/mol. The van der Waals surface area contributed by atoms with Crippen LogP contribution < -0.4 is 21.1 Å². The Balaban J connectivity index is 1.72. The molecule has 0 aromatic carbocycles. The van der Waals surface area contributed by atoms with Crippen LogP contribution in [0.5, 0.6) is 0 Å². The molecular formula is C11H14ClN7S. The van der Waals surface area contributed by atoms with E-state index in [1.54, 1.807) is 17.5 Å². The van der Waals surface area contributed by atoms with Crippen LogP contribution in [0.3, 0.4) is 0 Å². The van der Waals surface area contributed by atoms with Crippen LogP contribution in [-0.2, 0) is 0 Å². The van der Waals surface area contributed by atoms with E-state index >= 15 is 0 Å². The van der Waals surface area contributed by atoms with E-state index < -0.39 is 0 Å². The Bertz CT molecular complexity index is 568. The van der Waals surface area contributed by atoms with E-state index in [1.807, 2.05) is 11.6 Å². The van der Waals surface area contributed by atoms with Gasteiger partial charge in [0.2, 0.25) is 5.95 Å². The first-order chi connectivity index (χ1) is 9.78. The smallest absolute Gasteiger partial charge is 0.239 e. The van der Waals surface area contributed by atoms with E-state index in [-0.39, 0.29) is 0 Å². The normalized spacial score (nSPS) is 15.5. The zero-order chi connectivity index (χ0) is 13.9. The number of hydrogen-bond acceptors (Lipinski definition) is 8. The van der Waals surface area contributed by atoms with Crippen LogP contribution in [0, 0.1) is 0 Å². The molecule has 9 heteroatoms. The standard InChI is InChI=1S/C11H14ClN7S/c12-8-7-15-10(17-13)16-9(8)18-2-4-19(5-3-18)11-14-1-6-20-11/h1,6-7H,2-5,13H2,(H,15,16,17). The number of nitrogen functional groups attached to an aromatic ring is 1. The Morgan fingerprint density at radius 2 is 1.95 bits per heavy atom. The number of rotatable bonds is 3. The second kappa shape index (κ2) is 5.78. The summed E-state index contributed by atoms with van der Waals surface area (Å²) in [6, 6.07) is 0. The van der Waals surface area contributed by atoms with Crippen LogP contribution >= 0.6 is 22.9 Å². The van der Waals surface area contributed by atoms with Crippen molar-refractivity contribution >= 4 is 39.8 Å². The summed E-state index contributed by atoms with van der Waals surface area (Å²) in [6.45, 7) is 3.44.